The van der Waals surface area contributed by atoms with Crippen LogP contribution in [0.25, 0.3) is 0 Å². The summed E-state index contributed by atoms with van der Waals surface area (Å²) in [5.74, 6) is -0.0278. The fraction of sp³-hybridized carbons (Fsp3) is 0.455. The molecule has 0 aliphatic carbocycles. The van der Waals surface area contributed by atoms with Gasteiger partial charge in [-0.3, -0.25) is 9.69 Å². The SMILES string of the molecule is CCOC(=O)N1CCN(C(c2cccc(Cl)c2)c2c(O)cc(C)n(CC)c2=O)CC1. The van der Waals surface area contributed by atoms with E-state index in [1.54, 1.807) is 35.4 Å². The topological polar surface area (TPSA) is 75.0 Å². The Morgan fingerprint density at radius 3 is 2.50 bits per heavy atom. The van der Waals surface area contributed by atoms with Crippen LogP contribution < -0.4 is 5.56 Å². The van der Waals surface area contributed by atoms with Crippen LogP contribution in [-0.2, 0) is 11.3 Å². The minimum Gasteiger partial charge on any atom is -0.507 e. The molecule has 1 N–H and O–H groups in total. The van der Waals surface area contributed by atoms with Crippen LogP contribution in [0, 0.1) is 6.92 Å². The van der Waals surface area contributed by atoms with Crippen LogP contribution in [0.4, 0.5) is 4.79 Å². The number of benzene rings is 1. The van der Waals surface area contributed by atoms with E-state index in [0.29, 0.717) is 55.6 Å². The summed E-state index contributed by atoms with van der Waals surface area (Å²) in [7, 11) is 0. The number of aryl methyl sites for hydroxylation is 1. The average molecular weight is 434 g/mol. The average Bonchev–Trinajstić information content (AvgIpc) is 2.71. The number of aromatic nitrogens is 1. The smallest absolute Gasteiger partial charge is 0.409 e. The van der Waals surface area contributed by atoms with Crippen molar-refractivity contribution in [3.63, 3.8) is 0 Å². The predicted octanol–water partition coefficient (Wildman–Crippen LogP) is 3.40. The first kappa shape index (κ1) is 22.2. The number of amides is 1. The van der Waals surface area contributed by atoms with Crippen LogP contribution in [0.5, 0.6) is 5.75 Å². The zero-order chi connectivity index (χ0) is 21.8. The Balaban J connectivity index is 2.03. The number of hydrogen-bond donors (Lipinski definition) is 1. The van der Waals surface area contributed by atoms with Crippen molar-refractivity contribution in [2.45, 2.75) is 33.4 Å². The highest BCUT2D eigenvalue weighted by Crippen LogP contribution is 2.34. The normalized spacial score (nSPS) is 15.8. The number of piperazine rings is 1. The maximum absolute atomic E-state index is 13.3. The number of carbonyl (C=O) groups excluding carboxylic acids is 1. The summed E-state index contributed by atoms with van der Waals surface area (Å²) in [6, 6.07) is 8.50. The van der Waals surface area contributed by atoms with Gasteiger partial charge in [-0.2, -0.15) is 0 Å². The molecule has 3 rings (SSSR count). The molecule has 1 aliphatic rings. The summed E-state index contributed by atoms with van der Waals surface area (Å²) in [6.45, 7) is 8.36. The molecular formula is C22H28ClN3O4. The van der Waals surface area contributed by atoms with Crippen molar-refractivity contribution in [1.29, 1.82) is 0 Å². The van der Waals surface area contributed by atoms with Crippen LogP contribution in [0.2, 0.25) is 5.02 Å². The Hall–Kier alpha value is -2.51. The summed E-state index contributed by atoms with van der Waals surface area (Å²) in [4.78, 5) is 29.1. The molecule has 2 heterocycles. The molecule has 7 nitrogen and oxygen atoms in total. The maximum atomic E-state index is 13.3. The number of aromatic hydroxyl groups is 1. The van der Waals surface area contributed by atoms with E-state index in [-0.39, 0.29) is 17.4 Å². The standard InChI is InChI=1S/C22H28ClN3O4/c1-4-26-15(3)13-18(27)19(21(26)28)20(16-7-6-8-17(23)14-16)24-9-11-25(12-10-24)22(29)30-5-2/h6-8,13-14,20,27H,4-5,9-12H2,1-3H3. The Kier molecular flexibility index (Phi) is 7.05. The molecule has 8 heteroatoms. The molecule has 0 spiro atoms. The molecule has 1 aliphatic heterocycles. The lowest BCUT2D eigenvalue weighted by molar-refractivity contribution is 0.0709. The lowest BCUT2D eigenvalue weighted by Gasteiger charge is -2.39. The van der Waals surface area contributed by atoms with Gasteiger partial charge in [-0.05, 0) is 44.5 Å². The second kappa shape index (κ2) is 9.53. The number of hydrogen-bond acceptors (Lipinski definition) is 5. The first-order valence-electron chi connectivity index (χ1n) is 10.2. The molecule has 0 radical (unpaired) electrons. The molecule has 30 heavy (non-hydrogen) atoms. The van der Waals surface area contributed by atoms with Gasteiger partial charge in [-0.15, -0.1) is 0 Å². The molecule has 0 bridgehead atoms. The van der Waals surface area contributed by atoms with Gasteiger partial charge in [0.1, 0.15) is 5.75 Å². The number of halogens is 1. The van der Waals surface area contributed by atoms with Crippen molar-refractivity contribution in [3.8, 4) is 5.75 Å². The van der Waals surface area contributed by atoms with E-state index < -0.39 is 6.04 Å². The molecule has 1 amide bonds. The van der Waals surface area contributed by atoms with E-state index in [4.69, 9.17) is 16.3 Å². The summed E-state index contributed by atoms with van der Waals surface area (Å²) >= 11 is 6.24. The monoisotopic (exact) mass is 433 g/mol. The lowest BCUT2D eigenvalue weighted by Crippen LogP contribution is -2.50. The van der Waals surface area contributed by atoms with Gasteiger partial charge >= 0.3 is 6.09 Å². The van der Waals surface area contributed by atoms with Crippen LogP contribution in [0.15, 0.2) is 35.1 Å². The molecule has 2 aromatic rings. The van der Waals surface area contributed by atoms with Crippen LogP contribution in [-0.4, -0.2) is 58.4 Å². The van der Waals surface area contributed by atoms with Crippen LogP contribution in [0.3, 0.4) is 0 Å². The number of pyridine rings is 1. The van der Waals surface area contributed by atoms with Crippen molar-refractivity contribution >= 4 is 17.7 Å². The third-order valence-corrected chi connectivity index (χ3v) is 5.72. The summed E-state index contributed by atoms with van der Waals surface area (Å²) in [6.07, 6.45) is -0.331. The number of rotatable bonds is 5. The molecule has 1 aromatic heterocycles. The zero-order valence-electron chi connectivity index (χ0n) is 17.6. The van der Waals surface area contributed by atoms with E-state index in [1.165, 1.54) is 0 Å². The van der Waals surface area contributed by atoms with Crippen molar-refractivity contribution < 1.29 is 14.6 Å². The third-order valence-electron chi connectivity index (χ3n) is 5.48. The van der Waals surface area contributed by atoms with E-state index >= 15 is 0 Å². The van der Waals surface area contributed by atoms with Crippen molar-refractivity contribution in [1.82, 2.24) is 14.4 Å². The Labute approximate surface area is 181 Å². The number of ether oxygens (including phenoxy) is 1. The Morgan fingerprint density at radius 1 is 1.20 bits per heavy atom. The molecule has 1 unspecified atom stereocenters. The third kappa shape index (κ3) is 4.47. The van der Waals surface area contributed by atoms with Gasteiger partial charge < -0.3 is 19.3 Å². The largest absolute Gasteiger partial charge is 0.507 e. The Morgan fingerprint density at radius 2 is 1.90 bits per heavy atom. The predicted molar refractivity (Wildman–Crippen MR) is 116 cm³/mol. The van der Waals surface area contributed by atoms with Crippen LogP contribution >= 0.6 is 11.6 Å². The fourth-order valence-electron chi connectivity index (χ4n) is 4.03. The quantitative estimate of drug-likeness (QED) is 0.782. The lowest BCUT2D eigenvalue weighted by atomic mass is 9.96. The minimum absolute atomic E-state index is 0.0278. The van der Waals surface area contributed by atoms with E-state index in [9.17, 15) is 14.7 Å². The van der Waals surface area contributed by atoms with Crippen molar-refractivity contribution in [3.05, 3.63) is 62.5 Å². The second-order valence-electron chi connectivity index (χ2n) is 7.31. The van der Waals surface area contributed by atoms with Gasteiger partial charge in [-0.1, -0.05) is 23.7 Å². The van der Waals surface area contributed by atoms with Crippen molar-refractivity contribution in [2.24, 2.45) is 0 Å². The zero-order valence-corrected chi connectivity index (χ0v) is 18.4. The first-order chi connectivity index (χ1) is 14.4. The van der Waals surface area contributed by atoms with Gasteiger partial charge in [0.15, 0.2) is 0 Å². The van der Waals surface area contributed by atoms with Crippen molar-refractivity contribution in [2.75, 3.05) is 32.8 Å². The molecule has 0 saturated carbocycles. The highest BCUT2D eigenvalue weighted by atomic mass is 35.5. The second-order valence-corrected chi connectivity index (χ2v) is 7.75. The first-order valence-corrected chi connectivity index (χ1v) is 10.6. The van der Waals surface area contributed by atoms with Gasteiger partial charge in [0.2, 0.25) is 0 Å². The van der Waals surface area contributed by atoms with Gasteiger partial charge in [-0.25, -0.2) is 4.79 Å². The molecular weight excluding hydrogens is 406 g/mol. The molecule has 1 atom stereocenters. The van der Waals surface area contributed by atoms with Gasteiger partial charge in [0, 0.05) is 43.4 Å². The van der Waals surface area contributed by atoms with Gasteiger partial charge in [0.25, 0.3) is 5.56 Å². The molecule has 1 fully saturated rings. The fourth-order valence-corrected chi connectivity index (χ4v) is 4.23. The van der Waals surface area contributed by atoms with E-state index in [1.807, 2.05) is 25.1 Å². The summed E-state index contributed by atoms with van der Waals surface area (Å²) in [5, 5.41) is 11.3. The number of carbonyl (C=O) groups is 1. The Bertz CT molecular complexity index is 967. The van der Waals surface area contributed by atoms with E-state index in [0.717, 1.165) is 5.56 Å². The molecule has 1 saturated heterocycles. The molecule has 162 valence electrons. The summed E-state index contributed by atoms with van der Waals surface area (Å²) in [5.41, 5.74) is 1.65. The van der Waals surface area contributed by atoms with E-state index in [2.05, 4.69) is 4.90 Å². The molecule has 1 aromatic carbocycles. The highest BCUT2D eigenvalue weighted by molar-refractivity contribution is 6.30. The highest BCUT2D eigenvalue weighted by Gasteiger charge is 2.32. The number of nitrogens with zero attached hydrogens (tertiary/aromatic N) is 3. The van der Waals surface area contributed by atoms with Crippen LogP contribution in [0.1, 0.15) is 36.7 Å². The van der Waals surface area contributed by atoms with Gasteiger partial charge in [0.05, 0.1) is 18.2 Å². The minimum atomic E-state index is -0.473. The maximum Gasteiger partial charge on any atom is 0.409 e. The summed E-state index contributed by atoms with van der Waals surface area (Å²) < 4.78 is 6.76.